The topological polar surface area (TPSA) is 14.1 Å². The molecule has 0 amide bonds. The minimum absolute atomic E-state index is 0. The number of nitrogens with zero attached hydrogens (tertiary/aromatic N) is 1. The summed E-state index contributed by atoms with van der Waals surface area (Å²) in [5, 5.41) is 5.27. The molecule has 1 radical (unpaired) electrons. The molecule has 0 saturated carbocycles. The first-order valence-corrected chi connectivity index (χ1v) is 10.0. The van der Waals surface area contributed by atoms with E-state index in [-0.39, 0.29) is 52.1 Å². The summed E-state index contributed by atoms with van der Waals surface area (Å²) in [4.78, 5) is 0. The van der Waals surface area contributed by atoms with E-state index in [1.807, 2.05) is 0 Å². The summed E-state index contributed by atoms with van der Waals surface area (Å²) < 4.78 is 0. The number of halogens is 2. The summed E-state index contributed by atoms with van der Waals surface area (Å²) in [6, 6.07) is 21.9. The van der Waals surface area contributed by atoms with Crippen molar-refractivity contribution in [2.45, 2.75) is 46.1 Å². The van der Waals surface area contributed by atoms with E-state index in [1.54, 1.807) is 0 Å². The van der Waals surface area contributed by atoms with Crippen LogP contribution >= 0.6 is 0 Å². The second kappa shape index (κ2) is 10.9. The molecule has 0 bridgehead atoms. The summed E-state index contributed by atoms with van der Waals surface area (Å²) in [5.74, 6) is 0.294. The van der Waals surface area contributed by atoms with Crippen LogP contribution in [0.2, 0.25) is 0 Å². The third kappa shape index (κ3) is 5.47. The average molecular weight is 485 g/mol. The first kappa shape index (κ1) is 27.5. The van der Waals surface area contributed by atoms with Gasteiger partial charge in [0.1, 0.15) is 0 Å². The molecule has 0 heterocycles. The number of fused-ring (bicyclic) bond motifs is 1. The van der Waals surface area contributed by atoms with Crippen LogP contribution in [-0.2, 0) is 27.3 Å². The van der Waals surface area contributed by atoms with Gasteiger partial charge in [-0.05, 0) is 37.5 Å². The first-order valence-electron chi connectivity index (χ1n) is 10.0. The van der Waals surface area contributed by atoms with Crippen molar-refractivity contribution < 1.29 is 46.5 Å². The number of allylic oxidation sites excluding steroid dienone is 1. The molecule has 31 heavy (non-hydrogen) atoms. The van der Waals surface area contributed by atoms with Crippen LogP contribution in [0.1, 0.15) is 58.7 Å². The average Bonchev–Trinajstić information content (AvgIpc) is 3.09. The van der Waals surface area contributed by atoms with Gasteiger partial charge in [0, 0.05) is 5.92 Å². The van der Waals surface area contributed by atoms with Gasteiger partial charge in [-0.15, -0.1) is 5.69 Å². The quantitative estimate of drug-likeness (QED) is 0.500. The van der Waals surface area contributed by atoms with Crippen molar-refractivity contribution in [2.75, 3.05) is 0 Å². The molecule has 1 aliphatic carbocycles. The van der Waals surface area contributed by atoms with Crippen LogP contribution in [0.4, 0.5) is 5.69 Å². The predicted molar refractivity (Wildman–Crippen MR) is 120 cm³/mol. The molecule has 4 heteroatoms. The molecular formula is C27H28Cl2NTi. The van der Waals surface area contributed by atoms with Gasteiger partial charge in [-0.2, -0.15) is 0 Å². The van der Waals surface area contributed by atoms with Crippen LogP contribution in [-0.4, -0.2) is 0 Å². The van der Waals surface area contributed by atoms with Crippen LogP contribution in [0.25, 0.3) is 11.4 Å². The van der Waals surface area contributed by atoms with Gasteiger partial charge in [0.15, 0.2) is 0 Å². The van der Waals surface area contributed by atoms with Crippen LogP contribution in [0, 0.1) is 20.8 Å². The van der Waals surface area contributed by atoms with E-state index in [0.29, 0.717) is 5.92 Å². The molecule has 3 aromatic rings. The zero-order valence-corrected chi connectivity index (χ0v) is 21.8. The van der Waals surface area contributed by atoms with Crippen molar-refractivity contribution in [3.8, 4) is 0 Å². The fourth-order valence-electron chi connectivity index (χ4n) is 4.53. The summed E-state index contributed by atoms with van der Waals surface area (Å²) in [7, 11) is 0. The maximum absolute atomic E-state index is 5.27. The van der Waals surface area contributed by atoms with Gasteiger partial charge in [0.05, 0.1) is 0 Å². The molecule has 0 spiro atoms. The van der Waals surface area contributed by atoms with Crippen molar-refractivity contribution in [3.63, 3.8) is 0 Å². The molecule has 1 aliphatic rings. The van der Waals surface area contributed by atoms with Gasteiger partial charge in [0.2, 0.25) is 0 Å². The first-order chi connectivity index (χ1) is 13.4. The summed E-state index contributed by atoms with van der Waals surface area (Å²) in [6.45, 7) is 10.9. The molecule has 0 aliphatic heterocycles. The normalized spacial score (nSPS) is 14.0. The van der Waals surface area contributed by atoms with Crippen molar-refractivity contribution in [1.29, 1.82) is 0 Å². The molecule has 0 N–H and O–H groups in total. The Bertz CT molecular complexity index is 1050. The summed E-state index contributed by atoms with van der Waals surface area (Å²) >= 11 is 0. The van der Waals surface area contributed by atoms with E-state index in [9.17, 15) is 0 Å². The monoisotopic (exact) mass is 484 g/mol. The summed E-state index contributed by atoms with van der Waals surface area (Å²) in [5.41, 5.74) is 9.93. The fraction of sp³-hybridized carbons (Fsp3) is 0.259. The van der Waals surface area contributed by atoms with Crippen molar-refractivity contribution in [1.82, 2.24) is 0 Å². The minimum atomic E-state index is -0.313. The van der Waals surface area contributed by atoms with Gasteiger partial charge in [-0.1, -0.05) is 114 Å². The number of benzene rings is 3. The Morgan fingerprint density at radius 2 is 1.32 bits per heavy atom. The molecule has 1 unspecified atom stereocenters. The van der Waals surface area contributed by atoms with E-state index in [2.05, 4.69) is 107 Å². The molecular weight excluding hydrogens is 457 g/mol. The number of hydrogen-bond donors (Lipinski definition) is 0. The van der Waals surface area contributed by atoms with Gasteiger partial charge < -0.3 is 30.1 Å². The molecule has 4 rings (SSSR count). The molecule has 0 saturated heterocycles. The second-order valence-electron chi connectivity index (χ2n) is 8.47. The maximum Gasteiger partial charge on any atom is 3.00 e. The fourth-order valence-corrected chi connectivity index (χ4v) is 4.53. The van der Waals surface area contributed by atoms with Crippen molar-refractivity contribution in [3.05, 3.63) is 111 Å². The molecule has 1 nitrogen and oxygen atoms in total. The third-order valence-electron chi connectivity index (χ3n) is 5.78. The maximum atomic E-state index is 5.27. The van der Waals surface area contributed by atoms with E-state index in [0.717, 1.165) is 5.69 Å². The number of hydrogen-bond acceptors (Lipinski definition) is 0. The Morgan fingerprint density at radius 1 is 0.774 bits per heavy atom. The third-order valence-corrected chi connectivity index (χ3v) is 5.78. The van der Waals surface area contributed by atoms with E-state index < -0.39 is 0 Å². The Balaban J connectivity index is 0.00000160. The standard InChI is InChI=1S/C27H28N.2ClH.Ti/c1-18-16-19(2)26(20(3)17-18)28-27(4,5)25-13-9-8-12-24(25)23-15-14-21-10-6-7-11-22(21)23;;;/h6-17,23H,1-5H3;2*1H;/q-1;;;+3/p-2. The van der Waals surface area contributed by atoms with Crippen LogP contribution in [0.15, 0.2) is 66.7 Å². The minimum Gasteiger partial charge on any atom is -1.00 e. The van der Waals surface area contributed by atoms with Gasteiger partial charge in [0.25, 0.3) is 0 Å². The SMILES string of the molecule is Cc1cc(C)c([N-]C(C)(C)c2ccccc2C2C=Cc3ccccc32)c(C)c1.[Cl-].[Cl-].[Ti+3]. The van der Waals surface area contributed by atoms with Gasteiger partial charge in [-0.3, -0.25) is 0 Å². The molecule has 0 aromatic heterocycles. The molecule has 1 atom stereocenters. The molecule has 159 valence electrons. The number of rotatable bonds is 4. The Morgan fingerprint density at radius 3 is 1.97 bits per heavy atom. The Labute approximate surface area is 214 Å². The van der Waals surface area contributed by atoms with E-state index in [4.69, 9.17) is 5.32 Å². The summed E-state index contributed by atoms with van der Waals surface area (Å²) in [6.07, 6.45) is 4.57. The second-order valence-corrected chi connectivity index (χ2v) is 8.47. The Kier molecular flexibility index (Phi) is 9.66. The zero-order chi connectivity index (χ0) is 19.9. The van der Waals surface area contributed by atoms with Crippen LogP contribution < -0.4 is 24.8 Å². The molecule has 3 aromatic carbocycles. The largest absolute Gasteiger partial charge is 3.00 e. The zero-order valence-electron chi connectivity index (χ0n) is 18.7. The van der Waals surface area contributed by atoms with Crippen molar-refractivity contribution in [2.24, 2.45) is 0 Å². The predicted octanol–water partition coefficient (Wildman–Crippen LogP) is 1.72. The van der Waals surface area contributed by atoms with Crippen molar-refractivity contribution >= 4 is 11.8 Å². The van der Waals surface area contributed by atoms with Crippen LogP contribution in [0.3, 0.4) is 0 Å². The van der Waals surface area contributed by atoms with Gasteiger partial charge >= 0.3 is 21.7 Å². The molecule has 0 fully saturated rings. The Hall–Kier alpha value is -1.51. The number of aryl methyl sites for hydroxylation is 3. The van der Waals surface area contributed by atoms with Gasteiger partial charge in [-0.25, -0.2) is 0 Å². The van der Waals surface area contributed by atoms with E-state index in [1.165, 1.54) is 38.9 Å². The van der Waals surface area contributed by atoms with Crippen LogP contribution in [0.5, 0.6) is 0 Å². The van der Waals surface area contributed by atoms with E-state index >= 15 is 0 Å². The smallest absolute Gasteiger partial charge is 1.00 e.